The van der Waals surface area contributed by atoms with Crippen LogP contribution < -0.4 is 0 Å². The van der Waals surface area contributed by atoms with Crippen molar-refractivity contribution in [2.45, 2.75) is 0 Å². The van der Waals surface area contributed by atoms with Crippen molar-refractivity contribution in [1.29, 1.82) is 0 Å². The second-order valence-electron chi connectivity index (χ2n) is 4.45. The maximum atomic E-state index is 11.8. The zero-order valence-corrected chi connectivity index (χ0v) is 15.6. The first-order chi connectivity index (χ1) is 11.7. The first kappa shape index (κ1) is 21.0. The van der Waals surface area contributed by atoms with E-state index in [9.17, 15) is 9.59 Å². The van der Waals surface area contributed by atoms with E-state index in [4.69, 9.17) is 17.9 Å². The highest BCUT2D eigenvalue weighted by molar-refractivity contribution is 8.31. The molecule has 0 saturated heterocycles. The molecule has 134 valence electrons. The average molecular weight is 405 g/mol. The van der Waals surface area contributed by atoms with Gasteiger partial charge in [-0.25, -0.2) is 9.59 Å². The molecule has 0 aliphatic carbocycles. The fourth-order valence-corrected chi connectivity index (χ4v) is 2.01. The van der Waals surface area contributed by atoms with Gasteiger partial charge < -0.3 is 9.47 Å². The van der Waals surface area contributed by atoms with Crippen molar-refractivity contribution in [1.82, 2.24) is 0 Å². The fraction of sp³-hybridized carbons (Fsp3) is 0.125. The molecule has 2 aromatic carbocycles. The lowest BCUT2D eigenvalue weighted by atomic mass is 9.95. The molecule has 6 nitrogen and oxygen atoms in total. The van der Waals surface area contributed by atoms with E-state index in [1.54, 1.807) is 48.5 Å². The predicted octanol–water partition coefficient (Wildman–Crippen LogP) is 3.64. The van der Waals surface area contributed by atoms with E-state index in [0.29, 0.717) is 22.3 Å². The van der Waals surface area contributed by atoms with E-state index in [2.05, 4.69) is 21.4 Å². The minimum atomic E-state index is -3.72. The minimum Gasteiger partial charge on any atom is -0.465 e. The van der Waals surface area contributed by atoms with Crippen LogP contribution >= 0.6 is 21.4 Å². The van der Waals surface area contributed by atoms with Gasteiger partial charge in [0.25, 0.3) is 0 Å². The van der Waals surface area contributed by atoms with Gasteiger partial charge in [-0.15, -0.1) is 0 Å². The van der Waals surface area contributed by atoms with E-state index in [0.717, 1.165) is 0 Å². The highest BCUT2D eigenvalue weighted by atomic mass is 36.0. The molecule has 9 heteroatoms. The van der Waals surface area contributed by atoms with E-state index in [1.165, 1.54) is 14.2 Å². The molecular formula is C16H14Cl2O6S. The third-order valence-corrected chi connectivity index (χ3v) is 2.95. The smallest absolute Gasteiger partial charge is 0.338 e. The summed E-state index contributed by atoms with van der Waals surface area (Å²) in [6.07, 6.45) is 0. The van der Waals surface area contributed by atoms with Gasteiger partial charge in [0.15, 0.2) is 0 Å². The number of hydrogen-bond acceptors (Lipinski definition) is 6. The molecule has 0 unspecified atom stereocenters. The Labute approximate surface area is 154 Å². The second-order valence-corrected chi connectivity index (χ2v) is 8.12. The Balaban J connectivity index is 0.000000550. The van der Waals surface area contributed by atoms with Crippen molar-refractivity contribution in [3.05, 3.63) is 59.7 Å². The lowest BCUT2D eigenvalue weighted by molar-refractivity contribution is 0.0590. The topological polar surface area (TPSA) is 86.7 Å². The number of ether oxygens (including phenoxy) is 2. The Bertz CT molecular complexity index is 799. The van der Waals surface area contributed by atoms with Gasteiger partial charge in [-0.05, 0) is 23.3 Å². The molecule has 0 N–H and O–H groups in total. The molecular weight excluding hydrogens is 391 g/mol. The van der Waals surface area contributed by atoms with Gasteiger partial charge in [-0.2, -0.15) is 8.42 Å². The number of carbonyl (C=O) groups is 2. The third-order valence-electron chi connectivity index (χ3n) is 2.95. The van der Waals surface area contributed by atoms with Crippen molar-refractivity contribution < 1.29 is 27.5 Å². The molecule has 0 heterocycles. The fourth-order valence-electron chi connectivity index (χ4n) is 2.01. The summed E-state index contributed by atoms with van der Waals surface area (Å²) in [6, 6.07) is 14.0. The first-order valence-electron chi connectivity index (χ1n) is 6.68. The molecule has 0 bridgehead atoms. The highest BCUT2D eigenvalue weighted by Crippen LogP contribution is 2.28. The van der Waals surface area contributed by atoms with Gasteiger partial charge in [-0.1, -0.05) is 36.4 Å². The Hall–Kier alpha value is -2.09. The van der Waals surface area contributed by atoms with E-state index in [1.807, 2.05) is 0 Å². The summed E-state index contributed by atoms with van der Waals surface area (Å²) in [6.45, 7) is 0. The number of methoxy groups -OCH3 is 2. The van der Waals surface area contributed by atoms with Crippen LogP contribution in [0.4, 0.5) is 0 Å². The van der Waals surface area contributed by atoms with Gasteiger partial charge >= 0.3 is 20.2 Å². The van der Waals surface area contributed by atoms with Crippen molar-refractivity contribution in [2.24, 2.45) is 0 Å². The average Bonchev–Trinajstić information content (AvgIpc) is 2.59. The van der Waals surface area contributed by atoms with Crippen LogP contribution in [-0.4, -0.2) is 34.6 Å². The summed E-state index contributed by atoms with van der Waals surface area (Å²) in [5.41, 5.74) is 2.10. The molecule has 0 amide bonds. The summed E-state index contributed by atoms with van der Waals surface area (Å²) in [5.74, 6) is -0.888. The van der Waals surface area contributed by atoms with Crippen LogP contribution in [-0.2, 0) is 17.7 Å². The molecule has 0 fully saturated rings. The minimum absolute atomic E-state index is 0.409. The molecule has 0 atom stereocenters. The molecule has 0 saturated carbocycles. The molecule has 2 rings (SSSR count). The number of carbonyl (C=O) groups excluding carboxylic acids is 2. The molecule has 0 spiro atoms. The zero-order chi connectivity index (χ0) is 19.0. The number of esters is 2. The van der Waals surface area contributed by atoms with Crippen LogP contribution in [0.3, 0.4) is 0 Å². The Morgan fingerprint density at radius 2 is 1.04 bits per heavy atom. The standard InChI is InChI=1S/C16H14O4.Cl2O2S/c1-19-15(17)13-9-5-3-7-11(13)12-8-4-6-10-14(12)16(18)20-2;1-5(2,3)4/h3-10H,1-2H3;. The van der Waals surface area contributed by atoms with E-state index < -0.39 is 20.2 Å². The third kappa shape index (κ3) is 6.74. The van der Waals surface area contributed by atoms with E-state index >= 15 is 0 Å². The number of rotatable bonds is 3. The van der Waals surface area contributed by atoms with Crippen molar-refractivity contribution >= 4 is 41.6 Å². The van der Waals surface area contributed by atoms with Crippen LogP contribution in [0.2, 0.25) is 0 Å². The van der Waals surface area contributed by atoms with Crippen molar-refractivity contribution in [3.8, 4) is 11.1 Å². The van der Waals surface area contributed by atoms with Crippen LogP contribution in [0.25, 0.3) is 11.1 Å². The van der Waals surface area contributed by atoms with E-state index in [-0.39, 0.29) is 0 Å². The van der Waals surface area contributed by atoms with Crippen LogP contribution in [0.1, 0.15) is 20.7 Å². The summed E-state index contributed by atoms with van der Waals surface area (Å²) in [7, 11) is 7.46. The van der Waals surface area contributed by atoms with Crippen molar-refractivity contribution in [3.63, 3.8) is 0 Å². The lowest BCUT2D eigenvalue weighted by Gasteiger charge is -2.11. The quantitative estimate of drug-likeness (QED) is 0.573. The van der Waals surface area contributed by atoms with Crippen molar-refractivity contribution in [2.75, 3.05) is 14.2 Å². The second kappa shape index (κ2) is 9.41. The van der Waals surface area contributed by atoms with Gasteiger partial charge in [0.2, 0.25) is 0 Å². The van der Waals surface area contributed by atoms with Gasteiger partial charge in [-0.3, -0.25) is 0 Å². The summed E-state index contributed by atoms with van der Waals surface area (Å²) < 4.78 is 27.9. The molecule has 0 radical (unpaired) electrons. The van der Waals surface area contributed by atoms with Crippen LogP contribution in [0.15, 0.2) is 48.5 Å². The Morgan fingerprint density at radius 3 is 1.32 bits per heavy atom. The summed E-state index contributed by atoms with van der Waals surface area (Å²) in [4.78, 5) is 23.6. The molecule has 0 aromatic heterocycles. The SMILES string of the molecule is COC(=O)c1ccccc1-c1ccccc1C(=O)OC.O=S(=O)(Cl)Cl. The molecule has 25 heavy (non-hydrogen) atoms. The number of hydrogen-bond donors (Lipinski definition) is 0. The predicted molar refractivity (Wildman–Crippen MR) is 95.2 cm³/mol. The summed E-state index contributed by atoms with van der Waals surface area (Å²) >= 11 is 0. The van der Waals surface area contributed by atoms with Gasteiger partial charge in [0.05, 0.1) is 25.3 Å². The monoisotopic (exact) mass is 404 g/mol. The summed E-state index contributed by atoms with van der Waals surface area (Å²) in [5, 5.41) is 0. The van der Waals surface area contributed by atoms with Gasteiger partial charge in [0, 0.05) is 21.4 Å². The lowest BCUT2D eigenvalue weighted by Crippen LogP contribution is -2.07. The molecule has 0 aliphatic heterocycles. The zero-order valence-electron chi connectivity index (χ0n) is 13.2. The normalized spacial score (nSPS) is 10.2. The number of halogens is 2. The maximum absolute atomic E-state index is 11.8. The Morgan fingerprint density at radius 1 is 0.760 bits per heavy atom. The highest BCUT2D eigenvalue weighted by Gasteiger charge is 2.18. The van der Waals surface area contributed by atoms with Crippen LogP contribution in [0.5, 0.6) is 0 Å². The molecule has 0 aliphatic rings. The Kier molecular flexibility index (Phi) is 7.89. The first-order valence-corrected chi connectivity index (χ1v) is 9.82. The number of benzene rings is 2. The maximum Gasteiger partial charge on any atom is 0.338 e. The van der Waals surface area contributed by atoms with Crippen LogP contribution in [0, 0.1) is 0 Å². The largest absolute Gasteiger partial charge is 0.465 e. The van der Waals surface area contributed by atoms with Gasteiger partial charge in [0.1, 0.15) is 0 Å². The molecule has 2 aromatic rings.